The Morgan fingerprint density at radius 3 is 1.71 bits per heavy atom. The van der Waals surface area contributed by atoms with Crippen LogP contribution in [0.25, 0.3) is 0 Å². The van der Waals surface area contributed by atoms with E-state index in [1.165, 1.54) is 19.3 Å². The SMILES string of the molecule is CC.CC1CCC(C)C1.CCOC=O. The topological polar surface area (TPSA) is 26.3 Å². The van der Waals surface area contributed by atoms with E-state index in [1.54, 1.807) is 6.92 Å². The van der Waals surface area contributed by atoms with Gasteiger partial charge in [0.15, 0.2) is 0 Å². The van der Waals surface area contributed by atoms with Gasteiger partial charge in [-0.3, -0.25) is 4.79 Å². The Morgan fingerprint density at radius 1 is 1.21 bits per heavy atom. The third kappa shape index (κ3) is 11.5. The molecule has 0 radical (unpaired) electrons. The summed E-state index contributed by atoms with van der Waals surface area (Å²) < 4.78 is 4.15. The van der Waals surface area contributed by atoms with E-state index in [-0.39, 0.29) is 0 Å². The molecule has 0 aromatic carbocycles. The number of hydrogen-bond acceptors (Lipinski definition) is 2. The first-order valence-electron chi connectivity index (χ1n) is 5.75. The zero-order valence-corrected chi connectivity index (χ0v) is 10.4. The summed E-state index contributed by atoms with van der Waals surface area (Å²) in [6.45, 7) is 11.4. The van der Waals surface area contributed by atoms with Gasteiger partial charge in [-0.15, -0.1) is 0 Å². The molecule has 0 bridgehead atoms. The molecule has 0 spiro atoms. The minimum atomic E-state index is 0.431. The maximum Gasteiger partial charge on any atom is 0.293 e. The molecule has 0 aromatic heterocycles. The summed E-state index contributed by atoms with van der Waals surface area (Å²) in [7, 11) is 0. The van der Waals surface area contributed by atoms with Crippen molar-refractivity contribution in [2.75, 3.05) is 6.61 Å². The van der Waals surface area contributed by atoms with Gasteiger partial charge in [0.2, 0.25) is 0 Å². The largest absolute Gasteiger partial charge is 0.468 e. The molecule has 1 fully saturated rings. The molecule has 0 heterocycles. The molecule has 2 atom stereocenters. The van der Waals surface area contributed by atoms with Crippen molar-refractivity contribution >= 4 is 6.47 Å². The second kappa shape index (κ2) is 12.5. The number of hydrogen-bond donors (Lipinski definition) is 0. The van der Waals surface area contributed by atoms with Gasteiger partial charge in [0.1, 0.15) is 0 Å². The Bertz CT molecular complexity index is 105. The molecule has 86 valence electrons. The Balaban J connectivity index is 0. The Kier molecular flexibility index (Phi) is 14.2. The number of carbonyl (C=O) groups is 1. The Morgan fingerprint density at radius 2 is 1.64 bits per heavy atom. The zero-order valence-electron chi connectivity index (χ0n) is 10.4. The predicted molar refractivity (Wildman–Crippen MR) is 61.2 cm³/mol. The zero-order chi connectivity index (χ0) is 11.4. The lowest BCUT2D eigenvalue weighted by molar-refractivity contribution is -0.128. The van der Waals surface area contributed by atoms with Crippen LogP contribution < -0.4 is 0 Å². The molecule has 2 unspecified atom stereocenters. The molecule has 1 aliphatic rings. The lowest BCUT2D eigenvalue weighted by Gasteiger charge is -1.96. The first-order chi connectivity index (χ1) is 6.70. The van der Waals surface area contributed by atoms with E-state index in [1.807, 2.05) is 13.8 Å². The number of carbonyl (C=O) groups excluding carboxylic acids is 1. The van der Waals surface area contributed by atoms with Crippen LogP contribution in [0.2, 0.25) is 0 Å². The molecule has 1 aliphatic carbocycles. The summed E-state index contributed by atoms with van der Waals surface area (Å²) >= 11 is 0. The Hall–Kier alpha value is -0.530. The maximum atomic E-state index is 9.18. The average molecular weight is 202 g/mol. The van der Waals surface area contributed by atoms with Gasteiger partial charge in [-0.25, -0.2) is 0 Å². The smallest absolute Gasteiger partial charge is 0.293 e. The van der Waals surface area contributed by atoms with E-state index in [0.29, 0.717) is 13.1 Å². The summed E-state index contributed by atoms with van der Waals surface area (Å²) in [5.74, 6) is 2.05. The van der Waals surface area contributed by atoms with Gasteiger partial charge in [0.25, 0.3) is 6.47 Å². The molecule has 2 nitrogen and oxygen atoms in total. The third-order valence-electron chi connectivity index (χ3n) is 2.19. The van der Waals surface area contributed by atoms with E-state index < -0.39 is 0 Å². The van der Waals surface area contributed by atoms with Crippen LogP contribution in [-0.2, 0) is 9.53 Å². The van der Waals surface area contributed by atoms with Gasteiger partial charge in [0.05, 0.1) is 6.61 Å². The van der Waals surface area contributed by atoms with Crippen LogP contribution in [0.3, 0.4) is 0 Å². The van der Waals surface area contributed by atoms with Crippen molar-refractivity contribution in [2.45, 2.75) is 53.9 Å². The molecule has 14 heavy (non-hydrogen) atoms. The summed E-state index contributed by atoms with van der Waals surface area (Å²) in [4.78, 5) is 9.18. The molecule has 0 aromatic rings. The van der Waals surface area contributed by atoms with Gasteiger partial charge in [-0.2, -0.15) is 0 Å². The highest BCUT2D eigenvalue weighted by atomic mass is 16.5. The fraction of sp³-hybridized carbons (Fsp3) is 0.917. The average Bonchev–Trinajstić information content (AvgIpc) is 2.56. The van der Waals surface area contributed by atoms with Gasteiger partial charge in [-0.05, 0) is 25.2 Å². The van der Waals surface area contributed by atoms with Crippen molar-refractivity contribution < 1.29 is 9.53 Å². The summed E-state index contributed by atoms with van der Waals surface area (Å²) in [6.07, 6.45) is 4.42. The third-order valence-corrected chi connectivity index (χ3v) is 2.19. The Labute approximate surface area is 89.0 Å². The van der Waals surface area contributed by atoms with E-state index in [2.05, 4.69) is 18.6 Å². The van der Waals surface area contributed by atoms with Crippen LogP contribution in [0.15, 0.2) is 0 Å². The first-order valence-corrected chi connectivity index (χ1v) is 5.75. The molecule has 1 saturated carbocycles. The van der Waals surface area contributed by atoms with Gasteiger partial charge in [0, 0.05) is 0 Å². The highest BCUT2D eigenvalue weighted by Gasteiger charge is 2.15. The number of ether oxygens (including phenoxy) is 1. The highest BCUT2D eigenvalue weighted by Crippen LogP contribution is 2.29. The molecular formula is C12H26O2. The highest BCUT2D eigenvalue weighted by molar-refractivity contribution is 5.36. The van der Waals surface area contributed by atoms with Crippen molar-refractivity contribution in [1.82, 2.24) is 0 Å². The molecule has 0 saturated heterocycles. The molecule has 0 aliphatic heterocycles. The van der Waals surface area contributed by atoms with E-state index in [9.17, 15) is 4.79 Å². The van der Waals surface area contributed by atoms with Crippen molar-refractivity contribution in [3.63, 3.8) is 0 Å². The van der Waals surface area contributed by atoms with Gasteiger partial charge < -0.3 is 4.74 Å². The van der Waals surface area contributed by atoms with E-state index >= 15 is 0 Å². The minimum Gasteiger partial charge on any atom is -0.468 e. The summed E-state index contributed by atoms with van der Waals surface area (Å²) in [5.41, 5.74) is 0. The van der Waals surface area contributed by atoms with E-state index in [4.69, 9.17) is 0 Å². The summed E-state index contributed by atoms with van der Waals surface area (Å²) in [5, 5.41) is 0. The van der Waals surface area contributed by atoms with Crippen molar-refractivity contribution in [2.24, 2.45) is 11.8 Å². The number of rotatable bonds is 2. The molecule has 0 N–H and O–H groups in total. The van der Waals surface area contributed by atoms with Crippen molar-refractivity contribution in [3.05, 3.63) is 0 Å². The molecule has 0 amide bonds. The minimum absolute atomic E-state index is 0.431. The van der Waals surface area contributed by atoms with Crippen LogP contribution in [0.4, 0.5) is 0 Å². The van der Waals surface area contributed by atoms with Crippen molar-refractivity contribution in [1.29, 1.82) is 0 Å². The second-order valence-electron chi connectivity index (χ2n) is 3.57. The lowest BCUT2D eigenvalue weighted by Crippen LogP contribution is -1.84. The maximum absolute atomic E-state index is 9.18. The lowest BCUT2D eigenvalue weighted by atomic mass is 10.1. The van der Waals surface area contributed by atoms with Crippen LogP contribution in [-0.4, -0.2) is 13.1 Å². The van der Waals surface area contributed by atoms with Crippen LogP contribution in [0.5, 0.6) is 0 Å². The van der Waals surface area contributed by atoms with E-state index in [0.717, 1.165) is 11.8 Å². The van der Waals surface area contributed by atoms with Crippen LogP contribution >= 0.6 is 0 Å². The van der Waals surface area contributed by atoms with Crippen LogP contribution in [0, 0.1) is 11.8 Å². The summed E-state index contributed by atoms with van der Waals surface area (Å²) in [6, 6.07) is 0. The fourth-order valence-corrected chi connectivity index (χ4v) is 1.56. The molecular weight excluding hydrogens is 176 g/mol. The monoisotopic (exact) mass is 202 g/mol. The van der Waals surface area contributed by atoms with Crippen molar-refractivity contribution in [3.8, 4) is 0 Å². The first kappa shape index (κ1) is 15.9. The van der Waals surface area contributed by atoms with Crippen LogP contribution in [0.1, 0.15) is 53.9 Å². The van der Waals surface area contributed by atoms with Gasteiger partial charge >= 0.3 is 0 Å². The normalized spacial score (nSPS) is 23.8. The predicted octanol–water partition coefficient (Wildman–Crippen LogP) is 3.65. The standard InChI is InChI=1S/C7H14.C3H6O2.C2H6/c1-6-3-4-7(2)5-6;1-2-5-3-4;1-2/h6-7H,3-5H2,1-2H3;3H,2H2,1H3;1-2H3. The molecule has 1 rings (SSSR count). The second-order valence-corrected chi connectivity index (χ2v) is 3.57. The fourth-order valence-electron chi connectivity index (χ4n) is 1.56. The molecule has 2 heteroatoms. The quantitative estimate of drug-likeness (QED) is 0.639. The van der Waals surface area contributed by atoms with Gasteiger partial charge in [-0.1, -0.05) is 40.5 Å².